The molecule has 0 saturated carbocycles. The standard InChI is InChI=1S/C14H22O8/c1-8(6-19-9(2)15)14(22-12(5)18)13(21-11(4)17)7-20-10(3)16/h8,13-14H,6-7H2,1-5H3/t8-,13+,14-/m0/s1. The number of rotatable bonds is 8. The molecule has 22 heavy (non-hydrogen) atoms. The van der Waals surface area contributed by atoms with Crippen molar-refractivity contribution in [3.8, 4) is 0 Å². The predicted molar refractivity (Wildman–Crippen MR) is 73.5 cm³/mol. The number of hydrogen-bond acceptors (Lipinski definition) is 8. The molecule has 0 aliphatic rings. The van der Waals surface area contributed by atoms with E-state index in [9.17, 15) is 19.2 Å². The fourth-order valence-corrected chi connectivity index (χ4v) is 1.70. The molecular weight excluding hydrogens is 296 g/mol. The third-order valence-electron chi connectivity index (χ3n) is 2.55. The summed E-state index contributed by atoms with van der Waals surface area (Å²) in [5.74, 6) is -2.73. The van der Waals surface area contributed by atoms with Crippen LogP contribution in [0.15, 0.2) is 0 Å². The van der Waals surface area contributed by atoms with Gasteiger partial charge in [-0.1, -0.05) is 6.92 Å². The van der Waals surface area contributed by atoms with Crippen molar-refractivity contribution in [1.29, 1.82) is 0 Å². The van der Waals surface area contributed by atoms with Crippen LogP contribution in [0.1, 0.15) is 34.6 Å². The summed E-state index contributed by atoms with van der Waals surface area (Å²) < 4.78 is 19.9. The van der Waals surface area contributed by atoms with Gasteiger partial charge in [-0.15, -0.1) is 0 Å². The number of carbonyl (C=O) groups excluding carboxylic acids is 4. The van der Waals surface area contributed by atoms with E-state index >= 15 is 0 Å². The van der Waals surface area contributed by atoms with E-state index in [1.54, 1.807) is 6.92 Å². The van der Waals surface area contributed by atoms with Gasteiger partial charge in [0.1, 0.15) is 12.7 Å². The van der Waals surface area contributed by atoms with Gasteiger partial charge in [0.05, 0.1) is 6.61 Å². The number of hydrogen-bond donors (Lipinski definition) is 0. The molecule has 126 valence electrons. The van der Waals surface area contributed by atoms with Crippen LogP contribution in [0.2, 0.25) is 0 Å². The van der Waals surface area contributed by atoms with Crippen molar-refractivity contribution < 1.29 is 38.1 Å². The van der Waals surface area contributed by atoms with Gasteiger partial charge in [-0.05, 0) is 0 Å². The van der Waals surface area contributed by atoms with Crippen LogP contribution < -0.4 is 0 Å². The third-order valence-corrected chi connectivity index (χ3v) is 2.55. The summed E-state index contributed by atoms with van der Waals surface area (Å²) in [4.78, 5) is 44.2. The zero-order valence-corrected chi connectivity index (χ0v) is 13.4. The molecule has 0 amide bonds. The molecule has 0 N–H and O–H groups in total. The Hall–Kier alpha value is -2.12. The van der Waals surface area contributed by atoms with Crippen LogP contribution in [-0.2, 0) is 38.1 Å². The Balaban J connectivity index is 5.07. The van der Waals surface area contributed by atoms with Crippen LogP contribution in [0.3, 0.4) is 0 Å². The molecule has 0 saturated heterocycles. The molecule has 0 aromatic carbocycles. The van der Waals surface area contributed by atoms with Crippen LogP contribution in [0.4, 0.5) is 0 Å². The molecule has 8 nitrogen and oxygen atoms in total. The van der Waals surface area contributed by atoms with Crippen molar-refractivity contribution in [2.75, 3.05) is 13.2 Å². The van der Waals surface area contributed by atoms with Gasteiger partial charge in [0, 0.05) is 33.6 Å². The van der Waals surface area contributed by atoms with Crippen molar-refractivity contribution in [1.82, 2.24) is 0 Å². The van der Waals surface area contributed by atoms with E-state index in [-0.39, 0.29) is 13.2 Å². The molecule has 0 bridgehead atoms. The van der Waals surface area contributed by atoms with Gasteiger partial charge in [0.2, 0.25) is 0 Å². The SMILES string of the molecule is CC(=O)OC[C@H](C)[C@H](OC(C)=O)[C@@H](COC(C)=O)OC(C)=O. The number of esters is 4. The van der Waals surface area contributed by atoms with E-state index in [0.29, 0.717) is 0 Å². The Morgan fingerprint density at radius 2 is 1.18 bits per heavy atom. The molecule has 0 rings (SSSR count). The van der Waals surface area contributed by atoms with E-state index in [4.69, 9.17) is 18.9 Å². The predicted octanol–water partition coefficient (Wildman–Crippen LogP) is 0.612. The highest BCUT2D eigenvalue weighted by atomic mass is 16.6. The second-order valence-corrected chi connectivity index (χ2v) is 4.80. The lowest BCUT2D eigenvalue weighted by atomic mass is 10.0. The quantitative estimate of drug-likeness (QED) is 0.473. The van der Waals surface area contributed by atoms with Gasteiger partial charge in [-0.3, -0.25) is 19.2 Å². The van der Waals surface area contributed by atoms with Crippen molar-refractivity contribution in [2.24, 2.45) is 5.92 Å². The summed E-state index contributed by atoms with van der Waals surface area (Å²) in [6.45, 7) is 6.18. The van der Waals surface area contributed by atoms with Gasteiger partial charge in [0.25, 0.3) is 0 Å². The van der Waals surface area contributed by atoms with Gasteiger partial charge >= 0.3 is 23.9 Å². The minimum absolute atomic E-state index is 0.0366. The first-order valence-corrected chi connectivity index (χ1v) is 6.74. The second kappa shape index (κ2) is 9.75. The van der Waals surface area contributed by atoms with Crippen LogP contribution in [-0.4, -0.2) is 49.3 Å². The molecule has 0 fully saturated rings. The van der Waals surface area contributed by atoms with E-state index in [2.05, 4.69) is 0 Å². The van der Waals surface area contributed by atoms with Crippen LogP contribution >= 0.6 is 0 Å². The van der Waals surface area contributed by atoms with Crippen LogP contribution in [0, 0.1) is 5.92 Å². The topological polar surface area (TPSA) is 105 Å². The summed E-state index contributed by atoms with van der Waals surface area (Å²) >= 11 is 0. The molecule has 0 aromatic rings. The summed E-state index contributed by atoms with van der Waals surface area (Å²) in [5.41, 5.74) is 0. The molecule has 0 aromatic heterocycles. The van der Waals surface area contributed by atoms with Gasteiger partial charge in [-0.25, -0.2) is 0 Å². The van der Waals surface area contributed by atoms with Gasteiger partial charge < -0.3 is 18.9 Å². The molecule has 0 spiro atoms. The first-order valence-electron chi connectivity index (χ1n) is 6.74. The molecule has 0 aliphatic carbocycles. The second-order valence-electron chi connectivity index (χ2n) is 4.80. The minimum Gasteiger partial charge on any atom is -0.465 e. The fourth-order valence-electron chi connectivity index (χ4n) is 1.70. The number of ether oxygens (including phenoxy) is 4. The first kappa shape index (κ1) is 19.9. The minimum atomic E-state index is -0.990. The van der Waals surface area contributed by atoms with Crippen molar-refractivity contribution in [3.63, 3.8) is 0 Å². The highest BCUT2D eigenvalue weighted by molar-refractivity contribution is 5.68. The Morgan fingerprint density at radius 3 is 1.59 bits per heavy atom. The first-order chi connectivity index (χ1) is 10.1. The van der Waals surface area contributed by atoms with Crippen LogP contribution in [0.25, 0.3) is 0 Å². The van der Waals surface area contributed by atoms with Gasteiger partial charge in [-0.2, -0.15) is 0 Å². The average molecular weight is 318 g/mol. The van der Waals surface area contributed by atoms with E-state index in [1.165, 1.54) is 27.7 Å². The normalized spacial score (nSPS) is 14.2. The molecule has 0 heterocycles. The molecule has 0 aliphatic heterocycles. The zero-order chi connectivity index (χ0) is 17.3. The lowest BCUT2D eigenvalue weighted by Crippen LogP contribution is -2.43. The lowest BCUT2D eigenvalue weighted by Gasteiger charge is -2.30. The van der Waals surface area contributed by atoms with Gasteiger partial charge in [0.15, 0.2) is 6.10 Å². The highest BCUT2D eigenvalue weighted by Crippen LogP contribution is 2.17. The zero-order valence-electron chi connectivity index (χ0n) is 13.4. The Kier molecular flexibility index (Phi) is 8.81. The number of carbonyl (C=O) groups is 4. The van der Waals surface area contributed by atoms with Crippen molar-refractivity contribution in [3.05, 3.63) is 0 Å². The molecule has 0 radical (unpaired) electrons. The fraction of sp³-hybridized carbons (Fsp3) is 0.714. The Morgan fingerprint density at radius 1 is 0.727 bits per heavy atom. The van der Waals surface area contributed by atoms with Crippen molar-refractivity contribution in [2.45, 2.75) is 46.8 Å². The van der Waals surface area contributed by atoms with E-state index in [0.717, 1.165) is 0 Å². The summed E-state index contributed by atoms with van der Waals surface area (Å²) in [7, 11) is 0. The van der Waals surface area contributed by atoms with Crippen molar-refractivity contribution >= 4 is 23.9 Å². The maximum Gasteiger partial charge on any atom is 0.303 e. The summed E-state index contributed by atoms with van der Waals surface area (Å²) in [6.07, 6.45) is -1.91. The maximum atomic E-state index is 11.2. The smallest absolute Gasteiger partial charge is 0.303 e. The average Bonchev–Trinajstić information content (AvgIpc) is 2.37. The molecular formula is C14H22O8. The Bertz CT molecular complexity index is 417. The van der Waals surface area contributed by atoms with E-state index in [1.807, 2.05) is 0 Å². The monoisotopic (exact) mass is 318 g/mol. The summed E-state index contributed by atoms with van der Waals surface area (Å²) in [6, 6.07) is 0. The molecule has 8 heteroatoms. The Labute approximate surface area is 129 Å². The van der Waals surface area contributed by atoms with Crippen LogP contribution in [0.5, 0.6) is 0 Å². The van der Waals surface area contributed by atoms with E-state index < -0.39 is 42.0 Å². The third kappa shape index (κ3) is 8.93. The highest BCUT2D eigenvalue weighted by Gasteiger charge is 2.33. The maximum absolute atomic E-state index is 11.2. The molecule has 3 atom stereocenters. The largest absolute Gasteiger partial charge is 0.465 e. The molecule has 0 unspecified atom stereocenters. The lowest BCUT2D eigenvalue weighted by molar-refractivity contribution is -0.179. The summed E-state index contributed by atoms with van der Waals surface area (Å²) in [5, 5.41) is 0.